The van der Waals surface area contributed by atoms with Gasteiger partial charge in [0.05, 0.1) is 16.9 Å². The summed E-state index contributed by atoms with van der Waals surface area (Å²) >= 11 is 0. The molecule has 0 amide bonds. The largest absolute Gasteiger partial charge is 0.478 e. The Morgan fingerprint density at radius 1 is 1.35 bits per heavy atom. The van der Waals surface area contributed by atoms with Crippen LogP contribution in [0.4, 0.5) is 11.4 Å². The number of carboxylic acid groups (broad SMARTS) is 1. The lowest BCUT2D eigenvalue weighted by atomic mass is 10.0. The highest BCUT2D eigenvalue weighted by Crippen LogP contribution is 2.37. The number of H-pyrrole nitrogens is 1. The van der Waals surface area contributed by atoms with Crippen molar-refractivity contribution in [3.63, 3.8) is 0 Å². The number of hydrogen-bond donors (Lipinski definition) is 4. The van der Waals surface area contributed by atoms with E-state index in [2.05, 4.69) is 15.3 Å². The number of nitrogens with one attached hydrogen (secondary N) is 2. The molecule has 0 saturated carbocycles. The standard InChI is InChI=1S/C17H14N4O2/c18-13-3-1-2-11-9(7-20-15(11)13)6-10-8-21-16-14(10)12(17(22)23)4-5-19-16/h1-6,8,20H,7,18H2,(H,19,21)(H,22,23). The number of fused-ring (bicyclic) bond motifs is 2. The number of aromatic nitrogens is 2. The van der Waals surface area contributed by atoms with Crippen LogP contribution in [-0.2, 0) is 0 Å². The first-order chi connectivity index (χ1) is 11.1. The maximum atomic E-state index is 11.5. The maximum absolute atomic E-state index is 11.5. The number of anilines is 2. The van der Waals surface area contributed by atoms with E-state index in [0.717, 1.165) is 22.4 Å². The van der Waals surface area contributed by atoms with Crippen molar-refractivity contribution >= 4 is 40.0 Å². The van der Waals surface area contributed by atoms with Gasteiger partial charge in [-0.25, -0.2) is 9.78 Å². The maximum Gasteiger partial charge on any atom is 0.336 e. The molecule has 114 valence electrons. The summed E-state index contributed by atoms with van der Waals surface area (Å²) in [7, 11) is 0. The zero-order valence-electron chi connectivity index (χ0n) is 12.1. The molecule has 0 radical (unpaired) electrons. The summed E-state index contributed by atoms with van der Waals surface area (Å²) < 4.78 is 0. The second-order valence-electron chi connectivity index (χ2n) is 5.42. The SMILES string of the molecule is Nc1cccc2c1NCC2=Cc1c[nH]c2nccc(C(=O)O)c12. The first-order valence-corrected chi connectivity index (χ1v) is 7.18. The second kappa shape index (κ2) is 4.88. The minimum atomic E-state index is -0.967. The Kier molecular flexibility index (Phi) is 2.84. The van der Waals surface area contributed by atoms with Crippen LogP contribution in [0.5, 0.6) is 0 Å². The Labute approximate surface area is 131 Å². The number of carboxylic acids is 1. The number of carbonyl (C=O) groups is 1. The molecule has 0 spiro atoms. The van der Waals surface area contributed by atoms with E-state index >= 15 is 0 Å². The molecule has 0 atom stereocenters. The molecule has 3 heterocycles. The van der Waals surface area contributed by atoms with Crippen molar-refractivity contribution in [1.82, 2.24) is 9.97 Å². The van der Waals surface area contributed by atoms with Gasteiger partial charge in [0.15, 0.2) is 0 Å². The highest BCUT2D eigenvalue weighted by molar-refractivity contribution is 6.07. The fourth-order valence-corrected chi connectivity index (χ4v) is 3.00. The Hall–Kier alpha value is -3.28. The van der Waals surface area contributed by atoms with E-state index in [-0.39, 0.29) is 5.56 Å². The number of nitrogens with zero attached hydrogens (tertiary/aromatic N) is 1. The molecule has 4 rings (SSSR count). The molecule has 2 aromatic heterocycles. The van der Waals surface area contributed by atoms with E-state index in [0.29, 0.717) is 23.3 Å². The van der Waals surface area contributed by atoms with Crippen LogP contribution < -0.4 is 11.1 Å². The van der Waals surface area contributed by atoms with Crippen molar-refractivity contribution in [3.05, 3.63) is 53.3 Å². The molecule has 6 nitrogen and oxygen atoms in total. The van der Waals surface area contributed by atoms with Gasteiger partial charge >= 0.3 is 5.97 Å². The van der Waals surface area contributed by atoms with Crippen LogP contribution >= 0.6 is 0 Å². The Balaban J connectivity index is 1.90. The van der Waals surface area contributed by atoms with Gasteiger partial charge in [-0.05, 0) is 23.8 Å². The van der Waals surface area contributed by atoms with Crippen LogP contribution in [0, 0.1) is 0 Å². The minimum Gasteiger partial charge on any atom is -0.478 e. The van der Waals surface area contributed by atoms with E-state index in [1.807, 2.05) is 24.3 Å². The third-order valence-electron chi connectivity index (χ3n) is 4.06. The van der Waals surface area contributed by atoms with Gasteiger partial charge < -0.3 is 21.1 Å². The lowest BCUT2D eigenvalue weighted by Gasteiger charge is -2.03. The summed E-state index contributed by atoms with van der Waals surface area (Å²) in [6.07, 6.45) is 5.25. The predicted molar refractivity (Wildman–Crippen MR) is 90.3 cm³/mol. The van der Waals surface area contributed by atoms with Gasteiger partial charge in [-0.3, -0.25) is 0 Å². The monoisotopic (exact) mass is 306 g/mol. The third-order valence-corrected chi connectivity index (χ3v) is 4.06. The molecule has 0 bridgehead atoms. The van der Waals surface area contributed by atoms with Crippen LogP contribution in [-0.4, -0.2) is 27.6 Å². The summed E-state index contributed by atoms with van der Waals surface area (Å²) in [5.74, 6) is -0.967. The minimum absolute atomic E-state index is 0.238. The number of para-hydroxylation sites is 1. The van der Waals surface area contributed by atoms with Gasteiger partial charge in [0.2, 0.25) is 0 Å². The topological polar surface area (TPSA) is 104 Å². The Bertz CT molecular complexity index is 972. The fraction of sp³-hybridized carbons (Fsp3) is 0.0588. The van der Waals surface area contributed by atoms with Crippen molar-refractivity contribution in [2.75, 3.05) is 17.6 Å². The summed E-state index contributed by atoms with van der Waals surface area (Å²) in [4.78, 5) is 18.7. The van der Waals surface area contributed by atoms with Gasteiger partial charge in [0.25, 0.3) is 0 Å². The quantitative estimate of drug-likeness (QED) is 0.545. The number of pyridine rings is 1. The number of aromatic amines is 1. The predicted octanol–water partition coefficient (Wildman–Crippen LogP) is 2.81. The fourth-order valence-electron chi connectivity index (χ4n) is 3.00. The molecule has 1 aliphatic rings. The zero-order valence-corrected chi connectivity index (χ0v) is 12.1. The molecule has 0 fully saturated rings. The molecule has 0 aliphatic carbocycles. The molecule has 6 heteroatoms. The van der Waals surface area contributed by atoms with Crippen LogP contribution in [0.2, 0.25) is 0 Å². The lowest BCUT2D eigenvalue weighted by Crippen LogP contribution is -1.98. The van der Waals surface area contributed by atoms with E-state index in [4.69, 9.17) is 5.73 Å². The highest BCUT2D eigenvalue weighted by atomic mass is 16.4. The highest BCUT2D eigenvalue weighted by Gasteiger charge is 2.19. The second-order valence-corrected chi connectivity index (χ2v) is 5.42. The molecule has 0 saturated heterocycles. The van der Waals surface area contributed by atoms with Crippen LogP contribution in [0.15, 0.2) is 36.7 Å². The lowest BCUT2D eigenvalue weighted by molar-refractivity contribution is 0.0699. The first kappa shape index (κ1) is 13.4. The normalized spacial score (nSPS) is 14.9. The van der Waals surface area contributed by atoms with E-state index in [1.165, 1.54) is 12.3 Å². The molecular formula is C17H14N4O2. The number of hydrogen-bond acceptors (Lipinski definition) is 4. The van der Waals surface area contributed by atoms with Crippen molar-refractivity contribution in [2.24, 2.45) is 0 Å². The van der Waals surface area contributed by atoms with Crippen LogP contribution in [0.25, 0.3) is 22.7 Å². The Morgan fingerprint density at radius 2 is 2.22 bits per heavy atom. The van der Waals surface area contributed by atoms with Gasteiger partial charge in [-0.2, -0.15) is 0 Å². The molecule has 5 N–H and O–H groups in total. The van der Waals surface area contributed by atoms with Crippen LogP contribution in [0.3, 0.4) is 0 Å². The van der Waals surface area contributed by atoms with Gasteiger partial charge in [-0.1, -0.05) is 12.1 Å². The number of nitrogen functional groups attached to an aromatic ring is 1. The van der Waals surface area contributed by atoms with E-state index < -0.39 is 5.97 Å². The number of aromatic carboxylic acids is 1. The van der Waals surface area contributed by atoms with Crippen molar-refractivity contribution < 1.29 is 9.90 Å². The van der Waals surface area contributed by atoms with Crippen molar-refractivity contribution in [1.29, 1.82) is 0 Å². The molecule has 1 aliphatic heterocycles. The molecule has 3 aromatic rings. The van der Waals surface area contributed by atoms with E-state index in [1.54, 1.807) is 6.20 Å². The average Bonchev–Trinajstić information content (AvgIpc) is 3.13. The zero-order chi connectivity index (χ0) is 16.0. The van der Waals surface area contributed by atoms with Crippen LogP contribution in [0.1, 0.15) is 21.5 Å². The average molecular weight is 306 g/mol. The van der Waals surface area contributed by atoms with Gasteiger partial charge in [0, 0.05) is 35.5 Å². The molecular weight excluding hydrogens is 292 g/mol. The summed E-state index contributed by atoms with van der Waals surface area (Å²) in [5.41, 5.74) is 11.3. The summed E-state index contributed by atoms with van der Waals surface area (Å²) in [5, 5.41) is 13.3. The smallest absolute Gasteiger partial charge is 0.336 e. The molecule has 0 unspecified atom stereocenters. The summed E-state index contributed by atoms with van der Waals surface area (Å²) in [6.45, 7) is 0.652. The first-order valence-electron chi connectivity index (χ1n) is 7.18. The number of benzene rings is 1. The third kappa shape index (κ3) is 2.03. The van der Waals surface area contributed by atoms with Gasteiger partial charge in [-0.15, -0.1) is 0 Å². The van der Waals surface area contributed by atoms with Crippen molar-refractivity contribution in [2.45, 2.75) is 0 Å². The Morgan fingerprint density at radius 3 is 3.04 bits per heavy atom. The van der Waals surface area contributed by atoms with Crippen molar-refractivity contribution in [3.8, 4) is 0 Å². The number of nitrogens with two attached hydrogens (primary N) is 1. The number of rotatable bonds is 2. The molecule has 23 heavy (non-hydrogen) atoms. The van der Waals surface area contributed by atoms with E-state index in [9.17, 15) is 9.90 Å². The molecule has 1 aromatic carbocycles. The summed E-state index contributed by atoms with van der Waals surface area (Å²) in [6, 6.07) is 7.28. The van der Waals surface area contributed by atoms with Gasteiger partial charge in [0.1, 0.15) is 5.65 Å².